The van der Waals surface area contributed by atoms with Crippen molar-refractivity contribution in [3.05, 3.63) is 0 Å². The van der Waals surface area contributed by atoms with Crippen LogP contribution in [0.15, 0.2) is 0 Å². The largest absolute Gasteiger partial charge is 3.00 e. The van der Waals surface area contributed by atoms with E-state index in [2.05, 4.69) is 0 Å². The minimum absolute atomic E-state index is 0. The van der Waals surface area contributed by atoms with Crippen LogP contribution in [0.3, 0.4) is 0 Å². The minimum Gasteiger partial charge on any atom is -0.549 e. The predicted octanol–water partition coefficient (Wildman–Crippen LogP) is -4.00. The first-order chi connectivity index (χ1) is 23.6. The topological polar surface area (TPSA) is 259 Å². The molecule has 1 aliphatic heterocycles. The third-order valence-corrected chi connectivity index (χ3v) is 8.29. The molecule has 1 N–H and O–H groups in total. The van der Waals surface area contributed by atoms with Gasteiger partial charge in [0.05, 0.1) is 37.7 Å². The molecule has 0 aliphatic carbocycles. The summed E-state index contributed by atoms with van der Waals surface area (Å²) in [6.07, 6.45) is 0.0825. The Hall–Kier alpha value is -1.71. The fourth-order valence-corrected chi connectivity index (χ4v) is 5.57. The van der Waals surface area contributed by atoms with Crippen LogP contribution < -0.4 is 15.3 Å². The minimum atomic E-state index is -4.65. The van der Waals surface area contributed by atoms with Crippen LogP contribution in [0, 0.1) is 39.9 Å². The van der Waals surface area contributed by atoms with E-state index in [1.165, 1.54) is 4.90 Å². The molecule has 1 rings (SSSR count). The summed E-state index contributed by atoms with van der Waals surface area (Å²) in [5, 5.41) is 33.9. The number of hydrogen-bond donors (Lipinski definition) is 1. The number of Topliss-reactive ketones (excluding diaryl/α,β-unsaturated/α-hetero) is 1. The van der Waals surface area contributed by atoms with Gasteiger partial charge in [0.25, 0.3) is 0 Å². The quantitative estimate of drug-likeness (QED) is 0.0582. The van der Waals surface area contributed by atoms with Crippen LogP contribution in [0.2, 0.25) is 0 Å². The molecule has 0 spiro atoms. The first kappa shape index (κ1) is 49.3. The molecule has 0 aromatic heterocycles. The molecule has 0 aromatic rings. The maximum Gasteiger partial charge on any atom is 3.00 e. The Morgan fingerprint density at radius 1 is 0.647 bits per heavy atom. The van der Waals surface area contributed by atoms with Crippen LogP contribution >= 0.6 is 7.82 Å². The fourth-order valence-electron chi connectivity index (χ4n) is 4.78. The Morgan fingerprint density at radius 2 is 1.06 bits per heavy atom. The van der Waals surface area contributed by atoms with Crippen molar-refractivity contribution in [1.29, 1.82) is 0 Å². The summed E-state index contributed by atoms with van der Waals surface area (Å²) >= 11 is 0. The third kappa shape index (κ3) is 25.8. The average molecular weight is 895 g/mol. The number of hydrogen-bond acceptors (Lipinski definition) is 18. The Labute approximate surface area is 330 Å². The molecule has 1 saturated heterocycles. The van der Waals surface area contributed by atoms with E-state index in [1.54, 1.807) is 28.5 Å². The van der Waals surface area contributed by atoms with E-state index in [4.69, 9.17) is 18.5 Å². The zero-order valence-corrected chi connectivity index (χ0v) is 32.3. The molecule has 0 bridgehead atoms. The number of carboxylic acids is 3. The van der Waals surface area contributed by atoms with E-state index in [1.807, 2.05) is 0 Å². The first-order valence-electron chi connectivity index (χ1n) is 16.6. The SMILES string of the molecule is CCCC(=O)OCC(COP(=O)(O)OCCCC(=O)CN1CCN(CC(=O)[O-])CCN(CC(=O)[O-])CCN(CC(=O)[O-])CC1)OC(=O)CCC.[Gd+3]. The summed E-state index contributed by atoms with van der Waals surface area (Å²) in [7, 11) is -4.65. The third-order valence-electron chi connectivity index (χ3n) is 7.30. The molecule has 51 heavy (non-hydrogen) atoms. The van der Waals surface area contributed by atoms with E-state index < -0.39 is 70.0 Å². The van der Waals surface area contributed by atoms with Crippen LogP contribution in [0.1, 0.15) is 52.4 Å². The molecule has 2 unspecified atom stereocenters. The van der Waals surface area contributed by atoms with Crippen molar-refractivity contribution >= 4 is 43.5 Å². The number of ether oxygens (including phenoxy) is 2. The molecule has 0 amide bonds. The van der Waals surface area contributed by atoms with E-state index in [0.717, 1.165) is 0 Å². The molecule has 0 aromatic carbocycles. The Morgan fingerprint density at radius 3 is 1.47 bits per heavy atom. The van der Waals surface area contributed by atoms with Gasteiger partial charge in [-0.2, -0.15) is 0 Å². The predicted molar refractivity (Wildman–Crippen MR) is 167 cm³/mol. The molecule has 21 heteroatoms. The van der Waals surface area contributed by atoms with Crippen molar-refractivity contribution in [1.82, 2.24) is 19.6 Å². The Bertz CT molecular complexity index is 1120. The molecule has 19 nitrogen and oxygen atoms in total. The van der Waals surface area contributed by atoms with Crippen LogP contribution in [0.4, 0.5) is 0 Å². The van der Waals surface area contributed by atoms with Gasteiger partial charge < -0.3 is 44.1 Å². The summed E-state index contributed by atoms with van der Waals surface area (Å²) in [6, 6.07) is 0. The summed E-state index contributed by atoms with van der Waals surface area (Å²) in [5.41, 5.74) is 0. The number of nitrogens with zero attached hydrogens (tertiary/aromatic N) is 4. The molecule has 1 heterocycles. The Kier molecular flexibility index (Phi) is 26.9. The molecule has 1 fully saturated rings. The molecule has 0 saturated carbocycles. The second-order valence-corrected chi connectivity index (χ2v) is 13.2. The van der Waals surface area contributed by atoms with Crippen molar-refractivity contribution in [2.75, 3.05) is 98.4 Å². The van der Waals surface area contributed by atoms with Crippen molar-refractivity contribution in [3.8, 4) is 0 Å². The zero-order valence-electron chi connectivity index (χ0n) is 29.2. The van der Waals surface area contributed by atoms with Gasteiger partial charge in [-0.1, -0.05) is 13.8 Å². The van der Waals surface area contributed by atoms with Gasteiger partial charge in [0.1, 0.15) is 12.4 Å². The number of aliphatic carboxylic acids is 3. The van der Waals surface area contributed by atoms with Gasteiger partial charge in [-0.15, -0.1) is 0 Å². The summed E-state index contributed by atoms with van der Waals surface area (Å²) < 4.78 is 32.6. The van der Waals surface area contributed by atoms with Crippen molar-refractivity contribution in [3.63, 3.8) is 0 Å². The van der Waals surface area contributed by atoms with Crippen LogP contribution in [0.5, 0.6) is 0 Å². The van der Waals surface area contributed by atoms with Gasteiger partial charge in [-0.25, -0.2) is 4.57 Å². The summed E-state index contributed by atoms with van der Waals surface area (Å²) in [4.78, 5) is 86.8. The summed E-state index contributed by atoms with van der Waals surface area (Å²) in [6.45, 7) is 2.30. The van der Waals surface area contributed by atoms with Crippen LogP contribution in [0.25, 0.3) is 0 Å². The van der Waals surface area contributed by atoms with Gasteiger partial charge in [0.15, 0.2) is 6.10 Å². The van der Waals surface area contributed by atoms with Gasteiger partial charge in [0.2, 0.25) is 0 Å². The molecule has 1 aliphatic rings. The number of carboxylic acid groups (broad SMARTS) is 3. The van der Waals surface area contributed by atoms with Crippen molar-refractivity contribution in [2.45, 2.75) is 58.5 Å². The van der Waals surface area contributed by atoms with Gasteiger partial charge >= 0.3 is 59.7 Å². The maximum atomic E-state index is 12.9. The number of carbonyl (C=O) groups is 6. The smallest absolute Gasteiger partial charge is 0.549 e. The summed E-state index contributed by atoms with van der Waals surface area (Å²) in [5.74, 6) is -5.41. The number of ketones is 1. The van der Waals surface area contributed by atoms with E-state index in [9.17, 15) is 53.5 Å². The van der Waals surface area contributed by atoms with Gasteiger partial charge in [-0.3, -0.25) is 43.0 Å². The first-order valence-corrected chi connectivity index (χ1v) is 18.1. The van der Waals surface area contributed by atoms with Crippen molar-refractivity contribution in [2.24, 2.45) is 0 Å². The number of phosphoric acid groups is 1. The number of phosphoric ester groups is 1. The molecular weight excluding hydrogens is 845 g/mol. The zero-order chi connectivity index (χ0) is 37.5. The second kappa shape index (κ2) is 27.8. The van der Waals surface area contributed by atoms with E-state index >= 15 is 0 Å². The monoisotopic (exact) mass is 895 g/mol. The van der Waals surface area contributed by atoms with E-state index in [-0.39, 0.29) is 144 Å². The molecule has 293 valence electrons. The van der Waals surface area contributed by atoms with Gasteiger partial charge in [0, 0.05) is 91.3 Å². The number of rotatable bonds is 23. The standard InChI is InChI=1S/C30H53N4O15P.Gd/c1-3-6-29(42)46-22-25(49-30(43)7-4-2)23-48-50(44,45)47-17-5-8-24(35)18-31-9-11-32(19-26(36)37)13-15-34(21-28(40)41)16-14-33(12-10-31)20-27(38)39;/h25H,3-23H2,1-2H3,(H,36,37)(H,38,39)(H,40,41)(H,44,45);/q;+3/p-3. The number of esters is 2. The van der Waals surface area contributed by atoms with E-state index in [0.29, 0.717) is 12.8 Å². The van der Waals surface area contributed by atoms with Crippen LogP contribution in [-0.4, -0.2) is 165 Å². The molecular formula is C30H50GdN4O15P. The van der Waals surface area contributed by atoms with Crippen LogP contribution in [-0.2, 0) is 51.9 Å². The van der Waals surface area contributed by atoms with Gasteiger partial charge in [-0.05, 0) is 19.3 Å². The fraction of sp³-hybridized carbons (Fsp3) is 0.800. The molecule has 2 atom stereocenters. The molecule has 1 radical (unpaired) electrons. The number of carbonyl (C=O) groups excluding carboxylic acids is 6. The maximum absolute atomic E-state index is 12.9. The Balaban J connectivity index is 0.0000250. The second-order valence-electron chi connectivity index (χ2n) is 11.8. The average Bonchev–Trinajstić information content (AvgIpc) is 3.01. The normalized spacial score (nSPS) is 17.5. The van der Waals surface area contributed by atoms with Crippen molar-refractivity contribution < 1.29 is 112 Å².